The lowest BCUT2D eigenvalue weighted by molar-refractivity contribution is 0.0734. The van der Waals surface area contributed by atoms with E-state index in [1.165, 1.54) is 11.6 Å². The first-order valence-corrected chi connectivity index (χ1v) is 8.54. The Morgan fingerprint density at radius 1 is 0.840 bits per heavy atom. The molecule has 0 bridgehead atoms. The summed E-state index contributed by atoms with van der Waals surface area (Å²) >= 11 is 11.9. The SMILES string of the molecule is Cc1ccc(-c2ccc(OC(=O)c3ccc(Cl)cc3Cl)c(C)c2)cc1. The molecule has 4 heteroatoms. The molecular formula is C21H16Cl2O2. The van der Waals surface area contributed by atoms with Gasteiger partial charge in [0.2, 0.25) is 0 Å². The monoisotopic (exact) mass is 370 g/mol. The van der Waals surface area contributed by atoms with E-state index in [1.807, 2.05) is 19.1 Å². The topological polar surface area (TPSA) is 26.3 Å². The summed E-state index contributed by atoms with van der Waals surface area (Å²) in [4.78, 5) is 12.3. The van der Waals surface area contributed by atoms with E-state index < -0.39 is 5.97 Å². The number of carbonyl (C=O) groups is 1. The minimum atomic E-state index is -0.507. The van der Waals surface area contributed by atoms with Gasteiger partial charge in [-0.05, 0) is 60.9 Å². The van der Waals surface area contributed by atoms with Gasteiger partial charge in [0, 0.05) is 5.02 Å². The number of ether oxygens (including phenoxy) is 1. The summed E-state index contributed by atoms with van der Waals surface area (Å²) in [6, 6.07) is 18.7. The van der Waals surface area contributed by atoms with E-state index in [4.69, 9.17) is 27.9 Å². The average Bonchev–Trinajstić information content (AvgIpc) is 2.57. The second-order valence-electron chi connectivity index (χ2n) is 5.86. The third-order valence-electron chi connectivity index (χ3n) is 3.91. The first-order chi connectivity index (χ1) is 11.9. The van der Waals surface area contributed by atoms with E-state index in [9.17, 15) is 4.79 Å². The van der Waals surface area contributed by atoms with E-state index >= 15 is 0 Å². The first-order valence-electron chi connectivity index (χ1n) is 7.79. The zero-order chi connectivity index (χ0) is 18.0. The lowest BCUT2D eigenvalue weighted by Crippen LogP contribution is -2.10. The van der Waals surface area contributed by atoms with Crippen molar-refractivity contribution in [2.45, 2.75) is 13.8 Å². The number of aryl methyl sites for hydroxylation is 2. The molecule has 0 heterocycles. The van der Waals surface area contributed by atoms with Crippen molar-refractivity contribution in [3.63, 3.8) is 0 Å². The Bertz CT molecular complexity index is 931. The van der Waals surface area contributed by atoms with Crippen LogP contribution >= 0.6 is 23.2 Å². The molecular weight excluding hydrogens is 355 g/mol. The van der Waals surface area contributed by atoms with Crippen molar-refractivity contribution in [3.8, 4) is 16.9 Å². The fraction of sp³-hybridized carbons (Fsp3) is 0.0952. The Kier molecular flexibility index (Phi) is 5.12. The van der Waals surface area contributed by atoms with Crippen molar-refractivity contribution >= 4 is 29.2 Å². The molecule has 0 amide bonds. The highest BCUT2D eigenvalue weighted by atomic mass is 35.5. The van der Waals surface area contributed by atoms with Gasteiger partial charge in [-0.15, -0.1) is 0 Å². The van der Waals surface area contributed by atoms with Crippen LogP contribution in [-0.2, 0) is 0 Å². The van der Waals surface area contributed by atoms with Crippen LogP contribution in [0.15, 0.2) is 60.7 Å². The maximum absolute atomic E-state index is 12.3. The van der Waals surface area contributed by atoms with Crippen LogP contribution in [0.1, 0.15) is 21.5 Å². The van der Waals surface area contributed by atoms with E-state index in [1.54, 1.807) is 18.2 Å². The number of carbonyl (C=O) groups excluding carboxylic acids is 1. The predicted octanol–water partition coefficient (Wildman–Crippen LogP) is 6.50. The van der Waals surface area contributed by atoms with Gasteiger partial charge in [-0.3, -0.25) is 0 Å². The van der Waals surface area contributed by atoms with Gasteiger partial charge in [-0.2, -0.15) is 0 Å². The Labute approximate surface area is 157 Å². The fourth-order valence-corrected chi connectivity index (χ4v) is 2.99. The van der Waals surface area contributed by atoms with Gasteiger partial charge in [0.15, 0.2) is 0 Å². The third-order valence-corrected chi connectivity index (χ3v) is 4.46. The van der Waals surface area contributed by atoms with Crippen LogP contribution in [0.3, 0.4) is 0 Å². The smallest absolute Gasteiger partial charge is 0.345 e. The van der Waals surface area contributed by atoms with Crippen molar-refractivity contribution in [2.75, 3.05) is 0 Å². The number of rotatable bonds is 3. The molecule has 0 unspecified atom stereocenters. The van der Waals surface area contributed by atoms with Gasteiger partial charge in [-0.25, -0.2) is 4.79 Å². The quantitative estimate of drug-likeness (QED) is 0.388. The second-order valence-corrected chi connectivity index (χ2v) is 6.70. The number of hydrogen-bond acceptors (Lipinski definition) is 2. The molecule has 0 radical (unpaired) electrons. The fourth-order valence-electron chi connectivity index (χ4n) is 2.50. The number of hydrogen-bond donors (Lipinski definition) is 0. The lowest BCUT2D eigenvalue weighted by atomic mass is 10.0. The Balaban J connectivity index is 1.83. The molecule has 0 spiro atoms. The predicted molar refractivity (Wildman–Crippen MR) is 103 cm³/mol. The zero-order valence-electron chi connectivity index (χ0n) is 13.8. The van der Waals surface area contributed by atoms with Crippen molar-refractivity contribution in [3.05, 3.63) is 87.4 Å². The number of halogens is 2. The molecule has 3 aromatic rings. The van der Waals surface area contributed by atoms with Gasteiger partial charge in [-0.1, -0.05) is 59.1 Å². The largest absolute Gasteiger partial charge is 0.423 e. The number of esters is 1. The molecule has 0 aliphatic rings. The highest BCUT2D eigenvalue weighted by Crippen LogP contribution is 2.28. The lowest BCUT2D eigenvalue weighted by Gasteiger charge is -2.10. The van der Waals surface area contributed by atoms with Crippen LogP contribution in [-0.4, -0.2) is 5.97 Å². The maximum atomic E-state index is 12.3. The van der Waals surface area contributed by atoms with Crippen LogP contribution in [0, 0.1) is 13.8 Å². The molecule has 126 valence electrons. The maximum Gasteiger partial charge on any atom is 0.345 e. The Morgan fingerprint density at radius 3 is 2.16 bits per heavy atom. The molecule has 25 heavy (non-hydrogen) atoms. The molecule has 3 aromatic carbocycles. The molecule has 0 N–H and O–H groups in total. The van der Waals surface area contributed by atoms with Gasteiger partial charge in [0.05, 0.1) is 10.6 Å². The minimum absolute atomic E-state index is 0.270. The molecule has 0 aliphatic heterocycles. The third kappa shape index (κ3) is 4.04. The van der Waals surface area contributed by atoms with Crippen molar-refractivity contribution in [2.24, 2.45) is 0 Å². The normalized spacial score (nSPS) is 10.6. The van der Waals surface area contributed by atoms with Crippen LogP contribution < -0.4 is 4.74 Å². The van der Waals surface area contributed by atoms with Gasteiger partial charge in [0.1, 0.15) is 5.75 Å². The minimum Gasteiger partial charge on any atom is -0.423 e. The van der Waals surface area contributed by atoms with Crippen molar-refractivity contribution in [1.82, 2.24) is 0 Å². The van der Waals surface area contributed by atoms with E-state index in [-0.39, 0.29) is 10.6 Å². The van der Waals surface area contributed by atoms with Crippen LogP contribution in [0.4, 0.5) is 0 Å². The molecule has 0 fully saturated rings. The summed E-state index contributed by atoms with van der Waals surface area (Å²) in [5.41, 5.74) is 4.56. The summed E-state index contributed by atoms with van der Waals surface area (Å²) in [5, 5.41) is 0.742. The van der Waals surface area contributed by atoms with Gasteiger partial charge >= 0.3 is 5.97 Å². The summed E-state index contributed by atoms with van der Waals surface area (Å²) in [6.07, 6.45) is 0. The van der Waals surface area contributed by atoms with Crippen molar-refractivity contribution < 1.29 is 9.53 Å². The van der Waals surface area contributed by atoms with Gasteiger partial charge < -0.3 is 4.74 Å². The summed E-state index contributed by atoms with van der Waals surface area (Å²) < 4.78 is 5.50. The highest BCUT2D eigenvalue weighted by molar-refractivity contribution is 6.36. The first kappa shape index (κ1) is 17.5. The Hall–Kier alpha value is -2.29. The number of benzene rings is 3. The standard InChI is InChI=1S/C21H16Cl2O2/c1-13-3-5-15(6-4-13)16-7-10-20(14(2)11-16)25-21(24)18-9-8-17(22)12-19(18)23/h3-12H,1-2H3. The Morgan fingerprint density at radius 2 is 1.52 bits per heavy atom. The van der Waals surface area contributed by atoms with Crippen LogP contribution in [0.5, 0.6) is 5.75 Å². The molecule has 0 atom stereocenters. The second kappa shape index (κ2) is 7.30. The van der Waals surface area contributed by atoms with E-state index in [0.29, 0.717) is 10.8 Å². The molecule has 0 aliphatic carbocycles. The average molecular weight is 371 g/mol. The van der Waals surface area contributed by atoms with Crippen LogP contribution in [0.2, 0.25) is 10.0 Å². The van der Waals surface area contributed by atoms with Gasteiger partial charge in [0.25, 0.3) is 0 Å². The summed E-state index contributed by atoms with van der Waals surface area (Å²) in [5.74, 6) is -0.000249. The summed E-state index contributed by atoms with van der Waals surface area (Å²) in [7, 11) is 0. The molecule has 0 saturated carbocycles. The molecule has 3 rings (SSSR count). The molecule has 2 nitrogen and oxygen atoms in total. The highest BCUT2D eigenvalue weighted by Gasteiger charge is 2.14. The molecule has 0 saturated heterocycles. The van der Waals surface area contributed by atoms with E-state index in [0.717, 1.165) is 16.7 Å². The molecule has 0 aromatic heterocycles. The summed E-state index contributed by atoms with van der Waals surface area (Å²) in [6.45, 7) is 3.96. The van der Waals surface area contributed by atoms with Crippen LogP contribution in [0.25, 0.3) is 11.1 Å². The van der Waals surface area contributed by atoms with Crippen molar-refractivity contribution in [1.29, 1.82) is 0 Å². The zero-order valence-corrected chi connectivity index (χ0v) is 15.4. The van der Waals surface area contributed by atoms with E-state index in [2.05, 4.69) is 31.2 Å².